The van der Waals surface area contributed by atoms with E-state index in [9.17, 15) is 9.59 Å². The minimum atomic E-state index is -0.180. The van der Waals surface area contributed by atoms with Crippen LogP contribution in [0, 0.1) is 0 Å². The summed E-state index contributed by atoms with van der Waals surface area (Å²) in [5.41, 5.74) is 1.42. The zero-order chi connectivity index (χ0) is 26.5. The number of hydrogen-bond donors (Lipinski definition) is 1. The van der Waals surface area contributed by atoms with Gasteiger partial charge in [0.15, 0.2) is 0 Å². The van der Waals surface area contributed by atoms with Crippen LogP contribution in [0.4, 0.5) is 10.6 Å². The molecule has 1 N–H and O–H groups in total. The number of anilines is 1. The number of likely N-dealkylation sites (tertiary alicyclic amines) is 1. The highest BCUT2D eigenvalue weighted by molar-refractivity contribution is 7.09. The van der Waals surface area contributed by atoms with Crippen molar-refractivity contribution in [3.8, 4) is 5.75 Å². The molecule has 2 saturated heterocycles. The van der Waals surface area contributed by atoms with Crippen LogP contribution in [0.1, 0.15) is 52.8 Å². The van der Waals surface area contributed by atoms with Crippen LogP contribution < -0.4 is 15.0 Å². The summed E-state index contributed by atoms with van der Waals surface area (Å²) in [6, 6.07) is 13.6. The maximum absolute atomic E-state index is 13.1. The van der Waals surface area contributed by atoms with E-state index in [-0.39, 0.29) is 23.9 Å². The summed E-state index contributed by atoms with van der Waals surface area (Å²) < 4.78 is 5.29. The van der Waals surface area contributed by atoms with Crippen LogP contribution in [-0.4, -0.2) is 78.1 Å². The van der Waals surface area contributed by atoms with Crippen LogP contribution in [0.2, 0.25) is 0 Å². The van der Waals surface area contributed by atoms with Crippen molar-refractivity contribution in [3.63, 3.8) is 0 Å². The monoisotopic (exact) mass is 534 g/mol. The van der Waals surface area contributed by atoms with Crippen LogP contribution in [0.15, 0.2) is 54.0 Å². The van der Waals surface area contributed by atoms with Gasteiger partial charge in [0.1, 0.15) is 17.3 Å². The third-order valence-corrected chi connectivity index (χ3v) is 8.34. The molecule has 0 bridgehead atoms. The first-order chi connectivity index (χ1) is 18.5. The van der Waals surface area contributed by atoms with E-state index in [1.807, 2.05) is 64.6 Å². The van der Waals surface area contributed by atoms with E-state index in [1.165, 1.54) is 11.3 Å². The minimum Gasteiger partial charge on any atom is -0.497 e. The lowest BCUT2D eigenvalue weighted by Gasteiger charge is -2.39. The molecule has 2 fully saturated rings. The van der Waals surface area contributed by atoms with Gasteiger partial charge in [-0.25, -0.2) is 14.8 Å². The number of hydrogen-bond acceptors (Lipinski definition) is 7. The second kappa shape index (κ2) is 11.8. The van der Waals surface area contributed by atoms with Crippen molar-refractivity contribution in [2.75, 3.05) is 51.3 Å². The Morgan fingerprint density at radius 1 is 1.03 bits per heavy atom. The van der Waals surface area contributed by atoms with Gasteiger partial charge in [-0.2, -0.15) is 0 Å². The molecular formula is C28H34N6O3S. The second-order valence-corrected chi connectivity index (χ2v) is 10.6. The Bertz CT molecular complexity index is 1240. The van der Waals surface area contributed by atoms with Gasteiger partial charge in [0.25, 0.3) is 5.91 Å². The largest absolute Gasteiger partial charge is 0.497 e. The number of piperidine rings is 1. The Kier molecular flexibility index (Phi) is 8.07. The molecule has 10 heteroatoms. The molecule has 1 atom stereocenters. The van der Waals surface area contributed by atoms with E-state index in [1.54, 1.807) is 13.3 Å². The number of nitrogens with zero attached hydrogens (tertiary/aromatic N) is 5. The Hall–Kier alpha value is -3.66. The van der Waals surface area contributed by atoms with Gasteiger partial charge in [-0.3, -0.25) is 4.79 Å². The zero-order valence-corrected chi connectivity index (χ0v) is 22.7. The Morgan fingerprint density at radius 2 is 1.79 bits per heavy atom. The van der Waals surface area contributed by atoms with Crippen molar-refractivity contribution in [1.82, 2.24) is 25.1 Å². The van der Waals surface area contributed by atoms with Crippen LogP contribution >= 0.6 is 11.3 Å². The summed E-state index contributed by atoms with van der Waals surface area (Å²) >= 11 is 1.53. The number of rotatable bonds is 6. The number of urea groups is 1. The van der Waals surface area contributed by atoms with E-state index < -0.39 is 0 Å². The van der Waals surface area contributed by atoms with Gasteiger partial charge in [-0.05, 0) is 49.6 Å². The molecule has 3 aromatic rings. The van der Waals surface area contributed by atoms with Gasteiger partial charge < -0.3 is 24.8 Å². The molecule has 2 aromatic heterocycles. The number of benzene rings is 1. The van der Waals surface area contributed by atoms with E-state index in [4.69, 9.17) is 4.74 Å². The first kappa shape index (κ1) is 26.0. The number of carbonyl (C=O) groups is 2. The number of pyridine rings is 1. The van der Waals surface area contributed by atoms with E-state index in [0.717, 1.165) is 48.1 Å². The molecule has 0 saturated carbocycles. The summed E-state index contributed by atoms with van der Waals surface area (Å²) in [6.07, 6.45) is 3.51. The lowest BCUT2D eigenvalue weighted by molar-refractivity contribution is 0.0935. The number of methoxy groups -OCH3 is 1. The molecule has 3 amide bonds. The molecule has 200 valence electrons. The van der Waals surface area contributed by atoms with Gasteiger partial charge in [0, 0.05) is 56.8 Å². The molecule has 0 aliphatic carbocycles. The first-order valence-corrected chi connectivity index (χ1v) is 14.0. The highest BCUT2D eigenvalue weighted by atomic mass is 32.1. The van der Waals surface area contributed by atoms with E-state index in [0.29, 0.717) is 31.9 Å². The van der Waals surface area contributed by atoms with Crippen molar-refractivity contribution in [1.29, 1.82) is 0 Å². The van der Waals surface area contributed by atoms with Crippen LogP contribution in [0.25, 0.3) is 0 Å². The third-order valence-electron chi connectivity index (χ3n) is 7.33. The van der Waals surface area contributed by atoms with Gasteiger partial charge in [-0.15, -0.1) is 11.3 Å². The predicted octanol–water partition coefficient (Wildman–Crippen LogP) is 4.16. The molecule has 1 unspecified atom stereocenters. The molecule has 2 aliphatic rings. The number of nitrogens with one attached hydrogen (secondary N) is 1. The van der Waals surface area contributed by atoms with Crippen LogP contribution in [0.3, 0.4) is 0 Å². The predicted molar refractivity (Wildman–Crippen MR) is 148 cm³/mol. The molecule has 9 nitrogen and oxygen atoms in total. The van der Waals surface area contributed by atoms with E-state index >= 15 is 0 Å². The number of amides is 3. The van der Waals surface area contributed by atoms with Gasteiger partial charge in [-0.1, -0.05) is 18.2 Å². The van der Waals surface area contributed by atoms with Gasteiger partial charge in [0.2, 0.25) is 0 Å². The number of carbonyl (C=O) groups excluding carboxylic acids is 2. The first-order valence-electron chi connectivity index (χ1n) is 13.1. The van der Waals surface area contributed by atoms with Crippen molar-refractivity contribution < 1.29 is 14.3 Å². The molecule has 0 radical (unpaired) electrons. The molecule has 38 heavy (non-hydrogen) atoms. The van der Waals surface area contributed by atoms with Gasteiger partial charge >= 0.3 is 6.03 Å². The van der Waals surface area contributed by atoms with Crippen molar-refractivity contribution in [3.05, 3.63) is 70.3 Å². The summed E-state index contributed by atoms with van der Waals surface area (Å²) in [6.45, 7) is 6.35. The third kappa shape index (κ3) is 5.91. The number of aromatic nitrogens is 2. The fraction of sp³-hybridized carbons (Fsp3) is 0.429. The summed E-state index contributed by atoms with van der Waals surface area (Å²) in [7, 11) is 1.63. The number of thiazole rings is 1. The van der Waals surface area contributed by atoms with E-state index in [2.05, 4.69) is 20.2 Å². The fourth-order valence-electron chi connectivity index (χ4n) is 5.03. The summed E-state index contributed by atoms with van der Waals surface area (Å²) in [4.78, 5) is 41.2. The summed E-state index contributed by atoms with van der Waals surface area (Å²) in [5, 5.41) is 5.84. The lowest BCUT2D eigenvalue weighted by atomic mass is 9.98. The van der Waals surface area contributed by atoms with Crippen LogP contribution in [-0.2, 0) is 0 Å². The highest BCUT2D eigenvalue weighted by Crippen LogP contribution is 2.31. The minimum absolute atomic E-state index is 0.120. The maximum atomic E-state index is 13.1. The Morgan fingerprint density at radius 3 is 2.50 bits per heavy atom. The smallest absolute Gasteiger partial charge is 0.320 e. The molecule has 1 aromatic carbocycles. The number of ether oxygens (including phenoxy) is 1. The Labute approximate surface area is 227 Å². The van der Waals surface area contributed by atoms with Crippen LogP contribution in [0.5, 0.6) is 5.75 Å². The average molecular weight is 535 g/mol. The SMILES string of the molecule is COc1cccc(C(C)NC(=O)c2csc(C3CCN(C(=O)N4CCN(c5ccccn5)CC4)CC3)n2)c1. The van der Waals surface area contributed by atoms with Gasteiger partial charge in [0.05, 0.1) is 18.2 Å². The molecule has 2 aliphatic heterocycles. The Balaban J connectivity index is 1.10. The van der Waals surface area contributed by atoms with Crippen molar-refractivity contribution in [2.45, 2.75) is 31.7 Å². The normalized spacial score (nSPS) is 17.3. The maximum Gasteiger partial charge on any atom is 0.320 e. The highest BCUT2D eigenvalue weighted by Gasteiger charge is 2.30. The summed E-state index contributed by atoms with van der Waals surface area (Å²) in [5.74, 6) is 1.81. The molecule has 0 spiro atoms. The molecule has 4 heterocycles. The standard InChI is InChI=1S/C28H34N6O3S/c1-20(22-6-5-7-23(18-22)37-2)30-26(35)24-19-38-27(31-24)21-9-12-33(13-10-21)28(36)34-16-14-32(15-17-34)25-8-3-4-11-29-25/h3-8,11,18-21H,9-10,12-17H2,1-2H3,(H,30,35). The second-order valence-electron chi connectivity index (χ2n) is 9.75. The quantitative estimate of drug-likeness (QED) is 0.511. The molecule has 5 rings (SSSR count). The zero-order valence-electron chi connectivity index (χ0n) is 21.9. The molecular weight excluding hydrogens is 500 g/mol. The lowest BCUT2D eigenvalue weighted by Crippen LogP contribution is -2.54. The topological polar surface area (TPSA) is 90.9 Å². The van der Waals surface area contributed by atoms with Crippen molar-refractivity contribution >= 4 is 29.1 Å². The average Bonchev–Trinajstić information content (AvgIpc) is 3.48. The fourth-order valence-corrected chi connectivity index (χ4v) is 6.00. The number of piperazine rings is 1. The van der Waals surface area contributed by atoms with Crippen molar-refractivity contribution in [2.24, 2.45) is 0 Å².